The van der Waals surface area contributed by atoms with Gasteiger partial charge in [0.15, 0.2) is 0 Å². The minimum absolute atomic E-state index is 0.132. The lowest BCUT2D eigenvalue weighted by molar-refractivity contribution is -0.140. The fraction of sp³-hybridized carbons (Fsp3) is 0.312. The van der Waals surface area contributed by atoms with Crippen molar-refractivity contribution >= 4 is 35.5 Å². The van der Waals surface area contributed by atoms with Crippen LogP contribution in [0.25, 0.3) is 0 Å². The molecule has 0 aromatic heterocycles. The molecule has 1 amide bonds. The van der Waals surface area contributed by atoms with Gasteiger partial charge in [0.05, 0.1) is 12.3 Å². The molecule has 0 fully saturated rings. The molecule has 0 aliphatic heterocycles. The second-order valence-corrected chi connectivity index (χ2v) is 5.37. The summed E-state index contributed by atoms with van der Waals surface area (Å²) >= 11 is 0. The van der Waals surface area contributed by atoms with E-state index in [2.05, 4.69) is 5.32 Å². The van der Waals surface area contributed by atoms with E-state index in [0.29, 0.717) is 0 Å². The van der Waals surface area contributed by atoms with Gasteiger partial charge in [-0.2, -0.15) is 0 Å². The maximum absolute atomic E-state index is 12.1. The molecule has 0 saturated carbocycles. The van der Waals surface area contributed by atoms with E-state index in [-0.39, 0.29) is 30.7 Å². The third-order valence-corrected chi connectivity index (χ3v) is 3.40. The fourth-order valence-corrected chi connectivity index (χ4v) is 2.03. The van der Waals surface area contributed by atoms with E-state index in [0.717, 1.165) is 11.9 Å². The van der Waals surface area contributed by atoms with Crippen LogP contribution in [0.4, 0.5) is 5.69 Å². The Bertz CT molecular complexity index is 672. The Balaban J connectivity index is 2.75. The van der Waals surface area contributed by atoms with Crippen LogP contribution in [0.15, 0.2) is 24.3 Å². The number of hydrogen-bond acceptors (Lipinski definition) is 6. The molecule has 0 spiro atoms. The van der Waals surface area contributed by atoms with Gasteiger partial charge >= 0.3 is 11.9 Å². The molecule has 1 aromatic rings. The van der Waals surface area contributed by atoms with Crippen LogP contribution in [-0.4, -0.2) is 59.6 Å². The molecule has 134 valence electrons. The Morgan fingerprint density at radius 1 is 1.24 bits per heavy atom. The monoisotopic (exact) mass is 348 g/mol. The van der Waals surface area contributed by atoms with Gasteiger partial charge in [0, 0.05) is 30.9 Å². The lowest BCUT2D eigenvalue weighted by Crippen LogP contribution is -2.41. The number of nitrogens with one attached hydrogen (secondary N) is 3. The number of hydrogen-bond donors (Lipinski definition) is 5. The van der Waals surface area contributed by atoms with Gasteiger partial charge in [0.25, 0.3) is 5.91 Å². The van der Waals surface area contributed by atoms with Gasteiger partial charge in [-0.15, -0.1) is 0 Å². The molecule has 0 heterocycles. The van der Waals surface area contributed by atoms with Crippen LogP contribution >= 0.6 is 0 Å². The van der Waals surface area contributed by atoms with Crippen molar-refractivity contribution < 1.29 is 24.6 Å². The molecular formula is C16H20N4O5. The van der Waals surface area contributed by atoms with E-state index in [1.54, 1.807) is 24.1 Å². The van der Waals surface area contributed by atoms with Crippen LogP contribution in [0.2, 0.25) is 0 Å². The maximum Gasteiger partial charge on any atom is 0.326 e. The fourth-order valence-electron chi connectivity index (χ4n) is 2.03. The molecule has 9 nitrogen and oxygen atoms in total. The minimum Gasteiger partial charge on any atom is -0.481 e. The second-order valence-electron chi connectivity index (χ2n) is 5.37. The van der Waals surface area contributed by atoms with E-state index in [4.69, 9.17) is 21.0 Å². The topological polar surface area (TPSA) is 155 Å². The summed E-state index contributed by atoms with van der Waals surface area (Å²) in [4.78, 5) is 35.5. The van der Waals surface area contributed by atoms with E-state index in [9.17, 15) is 14.4 Å². The molecule has 0 radical (unpaired) electrons. The number of rotatable bonds is 10. The number of aliphatic carboxylic acids is 2. The third kappa shape index (κ3) is 6.42. The van der Waals surface area contributed by atoms with Gasteiger partial charge in [-0.05, 0) is 30.7 Å². The van der Waals surface area contributed by atoms with E-state index < -0.39 is 23.9 Å². The largest absolute Gasteiger partial charge is 0.481 e. The van der Waals surface area contributed by atoms with Crippen molar-refractivity contribution in [2.75, 3.05) is 18.5 Å². The Hall–Kier alpha value is -3.23. The lowest BCUT2D eigenvalue weighted by Gasteiger charge is -2.19. The van der Waals surface area contributed by atoms with Gasteiger partial charge in [-0.3, -0.25) is 9.59 Å². The number of nitrogens with zero attached hydrogens (tertiary/aromatic N) is 1. The summed E-state index contributed by atoms with van der Waals surface area (Å²) in [7, 11) is 1.74. The van der Waals surface area contributed by atoms with Gasteiger partial charge in [-0.25, -0.2) is 4.79 Å². The molecule has 1 aromatic carbocycles. The summed E-state index contributed by atoms with van der Waals surface area (Å²) in [6, 6.07) is 5.01. The Kier molecular flexibility index (Phi) is 7.26. The highest BCUT2D eigenvalue weighted by Crippen LogP contribution is 2.14. The third-order valence-electron chi connectivity index (χ3n) is 3.40. The molecule has 0 aliphatic carbocycles. The summed E-state index contributed by atoms with van der Waals surface area (Å²) in [6.07, 6.45) is 0.379. The number of carbonyl (C=O) groups excluding carboxylic acids is 1. The first-order chi connectivity index (χ1) is 11.7. The summed E-state index contributed by atoms with van der Waals surface area (Å²) in [5.74, 6) is -3.04. The van der Waals surface area contributed by atoms with Crippen molar-refractivity contribution in [1.29, 1.82) is 10.8 Å². The standard InChI is InChI=1S/C16H20N4O5/c1-20(9-11(18)8-17)12-4-2-10(3-5-12)15(23)19-13(16(24)25)6-7-14(21)22/h2-5,8,13,17-18H,6-7,9H2,1H3,(H,19,23)(H,21,22)(H,24,25). The van der Waals surface area contributed by atoms with Crippen molar-refractivity contribution in [3.8, 4) is 0 Å². The highest BCUT2D eigenvalue weighted by Gasteiger charge is 2.21. The van der Waals surface area contributed by atoms with Gasteiger partial charge in [0.1, 0.15) is 6.04 Å². The van der Waals surface area contributed by atoms with Crippen molar-refractivity contribution in [3.05, 3.63) is 29.8 Å². The molecule has 1 rings (SSSR count). The van der Waals surface area contributed by atoms with Crippen LogP contribution in [0.1, 0.15) is 23.2 Å². The predicted octanol–water partition coefficient (Wildman–Crippen LogP) is 0.840. The summed E-state index contributed by atoms with van der Waals surface area (Å²) < 4.78 is 0. The van der Waals surface area contributed by atoms with Crippen molar-refractivity contribution in [2.45, 2.75) is 18.9 Å². The second kappa shape index (κ2) is 9.16. The van der Waals surface area contributed by atoms with Crippen LogP contribution in [0.3, 0.4) is 0 Å². The molecular weight excluding hydrogens is 328 g/mol. The van der Waals surface area contributed by atoms with Crippen LogP contribution in [0.5, 0.6) is 0 Å². The van der Waals surface area contributed by atoms with Crippen molar-refractivity contribution in [3.63, 3.8) is 0 Å². The van der Waals surface area contributed by atoms with Crippen LogP contribution in [0, 0.1) is 10.8 Å². The van der Waals surface area contributed by atoms with E-state index >= 15 is 0 Å². The smallest absolute Gasteiger partial charge is 0.326 e. The Morgan fingerprint density at radius 3 is 2.32 bits per heavy atom. The lowest BCUT2D eigenvalue weighted by atomic mass is 10.1. The quantitative estimate of drug-likeness (QED) is 0.395. The Labute approximate surface area is 144 Å². The first-order valence-corrected chi connectivity index (χ1v) is 7.39. The number of carboxylic acid groups (broad SMARTS) is 2. The number of carbonyl (C=O) groups is 3. The molecule has 9 heteroatoms. The SMILES string of the molecule is CN(CC(=N)C=N)c1ccc(C(=O)NC(CCC(=O)O)C(=O)O)cc1. The number of amides is 1. The summed E-state index contributed by atoms with van der Waals surface area (Å²) in [5, 5.41) is 34.4. The number of benzene rings is 1. The first-order valence-electron chi connectivity index (χ1n) is 7.39. The van der Waals surface area contributed by atoms with Crippen LogP contribution < -0.4 is 10.2 Å². The zero-order valence-corrected chi connectivity index (χ0v) is 13.7. The molecule has 1 atom stereocenters. The van der Waals surface area contributed by atoms with E-state index in [1.807, 2.05) is 0 Å². The maximum atomic E-state index is 12.1. The van der Waals surface area contributed by atoms with E-state index in [1.165, 1.54) is 12.1 Å². The van der Waals surface area contributed by atoms with Gasteiger partial charge in [0.2, 0.25) is 0 Å². The van der Waals surface area contributed by atoms with Gasteiger partial charge < -0.3 is 31.2 Å². The molecule has 0 saturated heterocycles. The predicted molar refractivity (Wildman–Crippen MR) is 92.0 cm³/mol. The number of anilines is 1. The summed E-state index contributed by atoms with van der Waals surface area (Å²) in [5.41, 5.74) is 1.09. The normalized spacial score (nSPS) is 11.2. The zero-order valence-electron chi connectivity index (χ0n) is 13.7. The molecule has 25 heavy (non-hydrogen) atoms. The summed E-state index contributed by atoms with van der Waals surface area (Å²) in [6.45, 7) is 0.241. The molecule has 0 aliphatic rings. The molecule has 5 N–H and O–H groups in total. The minimum atomic E-state index is -1.30. The molecule has 0 bridgehead atoms. The first kappa shape index (κ1) is 19.8. The van der Waals surface area contributed by atoms with Gasteiger partial charge in [-0.1, -0.05) is 0 Å². The molecule has 1 unspecified atom stereocenters. The van der Waals surface area contributed by atoms with Crippen molar-refractivity contribution in [2.24, 2.45) is 0 Å². The average molecular weight is 348 g/mol. The zero-order chi connectivity index (χ0) is 19.0. The van der Waals surface area contributed by atoms with Crippen LogP contribution in [-0.2, 0) is 9.59 Å². The highest BCUT2D eigenvalue weighted by atomic mass is 16.4. The Morgan fingerprint density at radius 2 is 1.84 bits per heavy atom. The highest BCUT2D eigenvalue weighted by molar-refractivity contribution is 6.29. The average Bonchev–Trinajstić information content (AvgIpc) is 2.57. The van der Waals surface area contributed by atoms with Crippen molar-refractivity contribution in [1.82, 2.24) is 5.32 Å². The number of carboxylic acids is 2.